The smallest absolute Gasteiger partial charge is 0.303 e. The first-order valence-electron chi connectivity index (χ1n) is 9.81. The SMILES string of the molecule is CCCCCCCCC(CC)N([N+](C)(C)C)S(=O)(=O)C(N)CCC(=O)O. The average Bonchev–Trinajstić information content (AvgIpc) is 2.52. The number of nitrogens with zero attached hydrogens (tertiary/aromatic N) is 2. The van der Waals surface area contributed by atoms with Crippen LogP contribution in [0.1, 0.15) is 78.1 Å². The van der Waals surface area contributed by atoms with Gasteiger partial charge in [0.25, 0.3) is 10.0 Å². The van der Waals surface area contributed by atoms with Crippen molar-refractivity contribution in [1.82, 2.24) is 4.41 Å². The Bertz CT molecular complexity index is 503. The zero-order chi connectivity index (χ0) is 20.4. The summed E-state index contributed by atoms with van der Waals surface area (Å²) in [6.07, 6.45) is 8.11. The van der Waals surface area contributed by atoms with Crippen LogP contribution in [0.2, 0.25) is 0 Å². The van der Waals surface area contributed by atoms with Gasteiger partial charge in [0.2, 0.25) is 0 Å². The first-order chi connectivity index (χ1) is 12.0. The van der Waals surface area contributed by atoms with Gasteiger partial charge in [-0.05, 0) is 23.7 Å². The number of quaternary nitrogens is 1. The van der Waals surface area contributed by atoms with Gasteiger partial charge in [0, 0.05) is 6.42 Å². The maximum Gasteiger partial charge on any atom is 0.303 e. The summed E-state index contributed by atoms with van der Waals surface area (Å²) in [5.74, 6) is -1.04. The van der Waals surface area contributed by atoms with Crippen molar-refractivity contribution in [2.45, 2.75) is 89.5 Å². The third kappa shape index (κ3) is 8.79. The number of rotatable bonds is 15. The van der Waals surface area contributed by atoms with Crippen LogP contribution in [0.4, 0.5) is 0 Å². The van der Waals surface area contributed by atoms with Crippen molar-refractivity contribution >= 4 is 16.0 Å². The molecule has 0 aliphatic carbocycles. The van der Waals surface area contributed by atoms with Gasteiger partial charge in [-0.3, -0.25) is 4.79 Å². The fourth-order valence-electron chi connectivity index (χ4n) is 3.22. The second kappa shape index (κ2) is 11.9. The molecule has 0 rings (SSSR count). The normalized spacial score (nSPS) is 15.2. The number of carboxylic acid groups (broad SMARTS) is 1. The molecule has 0 saturated carbocycles. The Balaban J connectivity index is 5.10. The van der Waals surface area contributed by atoms with Gasteiger partial charge in [-0.2, -0.15) is 0 Å². The van der Waals surface area contributed by atoms with E-state index in [-0.39, 0.29) is 23.5 Å². The largest absolute Gasteiger partial charge is 0.481 e. The van der Waals surface area contributed by atoms with Crippen LogP contribution < -0.4 is 5.73 Å². The van der Waals surface area contributed by atoms with E-state index in [1.807, 2.05) is 28.1 Å². The molecule has 0 aromatic heterocycles. The molecule has 0 fully saturated rings. The molecule has 0 radical (unpaired) electrons. The fraction of sp³-hybridized carbons (Fsp3) is 0.944. The highest BCUT2D eigenvalue weighted by Gasteiger charge is 2.42. The number of unbranched alkanes of at least 4 members (excludes halogenated alkanes) is 5. The van der Waals surface area contributed by atoms with Crippen molar-refractivity contribution in [3.8, 4) is 0 Å². The van der Waals surface area contributed by atoms with E-state index in [0.29, 0.717) is 6.42 Å². The molecule has 2 atom stereocenters. The van der Waals surface area contributed by atoms with Gasteiger partial charge < -0.3 is 10.8 Å². The van der Waals surface area contributed by atoms with E-state index >= 15 is 0 Å². The van der Waals surface area contributed by atoms with Gasteiger partial charge in [-0.1, -0.05) is 52.4 Å². The molecule has 0 amide bonds. The highest BCUT2D eigenvalue weighted by atomic mass is 32.2. The second-order valence-electron chi connectivity index (χ2n) is 7.85. The summed E-state index contributed by atoms with van der Waals surface area (Å²) in [5.41, 5.74) is 5.90. The van der Waals surface area contributed by atoms with Crippen LogP contribution in [0.5, 0.6) is 0 Å². The Hall–Kier alpha value is -0.700. The zero-order valence-electron chi connectivity index (χ0n) is 17.3. The van der Waals surface area contributed by atoms with Crippen LogP contribution in [0.3, 0.4) is 0 Å². The van der Waals surface area contributed by atoms with Crippen molar-refractivity contribution in [1.29, 1.82) is 0 Å². The van der Waals surface area contributed by atoms with Crippen LogP contribution >= 0.6 is 0 Å². The first-order valence-corrected chi connectivity index (χ1v) is 11.3. The quantitative estimate of drug-likeness (QED) is 0.253. The summed E-state index contributed by atoms with van der Waals surface area (Å²) >= 11 is 0. The number of nitrogens with two attached hydrogens (primary N) is 1. The van der Waals surface area contributed by atoms with Crippen molar-refractivity contribution in [3.63, 3.8) is 0 Å². The Morgan fingerprint density at radius 2 is 1.58 bits per heavy atom. The van der Waals surface area contributed by atoms with Crippen molar-refractivity contribution in [2.75, 3.05) is 21.1 Å². The molecule has 0 aromatic carbocycles. The van der Waals surface area contributed by atoms with Crippen LogP contribution in [-0.4, -0.2) is 61.1 Å². The molecule has 0 aromatic rings. The predicted molar refractivity (Wildman–Crippen MR) is 106 cm³/mol. The molecule has 2 unspecified atom stereocenters. The average molecular weight is 395 g/mol. The van der Waals surface area contributed by atoms with Crippen molar-refractivity contribution in [3.05, 3.63) is 0 Å². The predicted octanol–water partition coefficient (Wildman–Crippen LogP) is 2.92. The van der Waals surface area contributed by atoms with Gasteiger partial charge in [0.15, 0.2) is 0 Å². The van der Waals surface area contributed by atoms with Gasteiger partial charge in [0.05, 0.1) is 27.2 Å². The number of sulfonamides is 1. The molecule has 7 nitrogen and oxygen atoms in total. The lowest BCUT2D eigenvalue weighted by Crippen LogP contribution is -2.62. The maximum absolute atomic E-state index is 13.1. The van der Waals surface area contributed by atoms with E-state index in [4.69, 9.17) is 10.8 Å². The minimum absolute atomic E-state index is 0.0817. The number of carbonyl (C=O) groups is 1. The molecular weight excluding hydrogens is 354 g/mol. The van der Waals surface area contributed by atoms with E-state index < -0.39 is 21.4 Å². The molecule has 0 bridgehead atoms. The third-order valence-electron chi connectivity index (χ3n) is 4.55. The topological polar surface area (TPSA) is 101 Å². The minimum Gasteiger partial charge on any atom is -0.481 e. The van der Waals surface area contributed by atoms with Crippen molar-refractivity contribution < 1.29 is 22.9 Å². The van der Waals surface area contributed by atoms with Gasteiger partial charge >= 0.3 is 5.97 Å². The molecule has 0 aliphatic rings. The molecule has 0 spiro atoms. The highest BCUT2D eigenvalue weighted by molar-refractivity contribution is 7.89. The molecule has 0 aliphatic heterocycles. The lowest BCUT2D eigenvalue weighted by Gasteiger charge is -2.41. The molecule has 26 heavy (non-hydrogen) atoms. The number of hydrogen-bond donors (Lipinski definition) is 2. The monoisotopic (exact) mass is 394 g/mol. The summed E-state index contributed by atoms with van der Waals surface area (Å²) in [7, 11) is 1.64. The van der Waals surface area contributed by atoms with Crippen LogP contribution in [0.15, 0.2) is 0 Å². The number of carboxylic acids is 1. The van der Waals surface area contributed by atoms with Crippen LogP contribution in [-0.2, 0) is 14.8 Å². The number of aliphatic carboxylic acids is 1. The molecule has 8 heteroatoms. The van der Waals surface area contributed by atoms with Gasteiger partial charge in [-0.15, -0.1) is 0 Å². The van der Waals surface area contributed by atoms with Gasteiger partial charge in [-0.25, -0.2) is 13.0 Å². The third-order valence-corrected chi connectivity index (χ3v) is 6.86. The molecule has 0 heterocycles. The summed E-state index contributed by atoms with van der Waals surface area (Å²) < 4.78 is 27.7. The molecule has 156 valence electrons. The zero-order valence-corrected chi connectivity index (χ0v) is 18.1. The van der Waals surface area contributed by atoms with E-state index in [2.05, 4.69) is 6.92 Å². The fourth-order valence-corrected chi connectivity index (χ4v) is 5.27. The van der Waals surface area contributed by atoms with Crippen LogP contribution in [0, 0.1) is 0 Å². The molecule has 0 saturated heterocycles. The first kappa shape index (κ1) is 25.3. The Morgan fingerprint density at radius 1 is 1.04 bits per heavy atom. The second-order valence-corrected chi connectivity index (χ2v) is 9.86. The maximum atomic E-state index is 13.1. The minimum atomic E-state index is -3.80. The number of hydrogen-bond acceptors (Lipinski definition) is 4. The van der Waals surface area contributed by atoms with Gasteiger partial charge in [0.1, 0.15) is 5.37 Å². The standard InChI is InChI=1S/C18H39N3O4S/c1-6-8-9-10-11-12-13-16(7-2)20(21(3,4)5)26(24,25)17(19)14-15-18(22)23/h16-17H,6-15,19H2,1-5H3/p+1. The Kier molecular flexibility index (Phi) is 11.6. The summed E-state index contributed by atoms with van der Waals surface area (Å²) in [6.45, 7) is 4.17. The van der Waals surface area contributed by atoms with E-state index in [9.17, 15) is 13.2 Å². The van der Waals surface area contributed by atoms with E-state index in [1.54, 1.807) is 0 Å². The molecule has 3 N–H and O–H groups in total. The summed E-state index contributed by atoms with van der Waals surface area (Å²) in [6, 6.07) is -0.137. The Morgan fingerprint density at radius 3 is 2.04 bits per heavy atom. The Labute approximate surface area is 160 Å². The highest BCUT2D eigenvalue weighted by Crippen LogP contribution is 2.25. The van der Waals surface area contributed by atoms with Crippen LogP contribution in [0.25, 0.3) is 0 Å². The van der Waals surface area contributed by atoms with E-state index in [1.165, 1.54) is 30.1 Å². The molecular formula is C18H40N3O4S+. The lowest BCUT2D eigenvalue weighted by atomic mass is 10.0. The van der Waals surface area contributed by atoms with Crippen molar-refractivity contribution in [2.24, 2.45) is 5.73 Å². The summed E-state index contributed by atoms with van der Waals surface area (Å²) in [5, 5.41) is 7.62. The summed E-state index contributed by atoms with van der Waals surface area (Å²) in [4.78, 5) is 10.8. The lowest BCUT2D eigenvalue weighted by molar-refractivity contribution is -0.970. The van der Waals surface area contributed by atoms with E-state index in [0.717, 1.165) is 19.3 Å².